The Labute approximate surface area is 121 Å². The summed E-state index contributed by atoms with van der Waals surface area (Å²) in [5.74, 6) is 0. The highest BCUT2D eigenvalue weighted by Crippen LogP contribution is 2.35. The van der Waals surface area contributed by atoms with Crippen molar-refractivity contribution in [1.29, 1.82) is 0 Å². The van der Waals surface area contributed by atoms with Crippen LogP contribution in [0, 0.1) is 0 Å². The first kappa shape index (κ1) is 16.3. The van der Waals surface area contributed by atoms with Crippen molar-refractivity contribution in [3.63, 3.8) is 0 Å². The first-order valence-electron chi connectivity index (χ1n) is 6.76. The van der Waals surface area contributed by atoms with E-state index in [-0.39, 0.29) is 24.0 Å². The maximum atomic E-state index is 13.0. The van der Waals surface area contributed by atoms with Crippen LogP contribution in [-0.2, 0) is 10.0 Å². The third-order valence-electron chi connectivity index (χ3n) is 3.58. The first-order chi connectivity index (χ1) is 9.64. The van der Waals surface area contributed by atoms with E-state index >= 15 is 0 Å². The summed E-state index contributed by atoms with van der Waals surface area (Å²) in [5, 5.41) is -0.327. The number of sulfonamides is 1. The molecule has 0 amide bonds. The highest BCUT2D eigenvalue weighted by Gasteiger charge is 2.49. The van der Waals surface area contributed by atoms with Gasteiger partial charge >= 0.3 is 6.18 Å². The Hall–Kier alpha value is -1.09. The van der Waals surface area contributed by atoms with Crippen molar-refractivity contribution in [2.75, 3.05) is 6.54 Å². The summed E-state index contributed by atoms with van der Waals surface area (Å²) in [6.45, 7) is 3.54. The Morgan fingerprint density at radius 2 is 2.00 bits per heavy atom. The molecule has 1 aromatic rings. The first-order valence-corrected chi connectivity index (χ1v) is 8.20. The number of halogens is 3. The minimum Gasteiger partial charge on any atom is -0.334 e. The maximum absolute atomic E-state index is 13.0. The standard InChI is InChI=1S/C12H18F3N3O2S/c1-9(2)17-7-11(16-8-17)21(19,20)18-6-4-3-5-10(18)12(13,14)15/h7-10H,3-6H2,1-2H3. The van der Waals surface area contributed by atoms with Crippen molar-refractivity contribution in [2.24, 2.45) is 0 Å². The predicted molar refractivity (Wildman–Crippen MR) is 70.2 cm³/mol. The number of aromatic nitrogens is 2. The van der Waals surface area contributed by atoms with Crippen molar-refractivity contribution in [2.45, 2.75) is 56.4 Å². The molecule has 1 saturated heterocycles. The fourth-order valence-corrected chi connectivity index (χ4v) is 3.98. The van der Waals surface area contributed by atoms with Gasteiger partial charge in [0.2, 0.25) is 0 Å². The van der Waals surface area contributed by atoms with Crippen LogP contribution in [0.25, 0.3) is 0 Å². The lowest BCUT2D eigenvalue weighted by atomic mass is 10.1. The van der Waals surface area contributed by atoms with Gasteiger partial charge in [0.15, 0.2) is 5.03 Å². The lowest BCUT2D eigenvalue weighted by Gasteiger charge is -2.35. The molecule has 0 radical (unpaired) electrons. The second kappa shape index (κ2) is 5.60. The lowest BCUT2D eigenvalue weighted by Crippen LogP contribution is -2.51. The molecule has 1 atom stereocenters. The van der Waals surface area contributed by atoms with E-state index in [9.17, 15) is 21.6 Å². The van der Waals surface area contributed by atoms with Crippen molar-refractivity contribution < 1.29 is 21.6 Å². The summed E-state index contributed by atoms with van der Waals surface area (Å²) in [7, 11) is -4.23. The number of piperidine rings is 1. The molecule has 2 rings (SSSR count). The van der Waals surface area contributed by atoms with E-state index in [1.807, 2.05) is 13.8 Å². The van der Waals surface area contributed by atoms with Gasteiger partial charge in [0, 0.05) is 18.8 Å². The van der Waals surface area contributed by atoms with Gasteiger partial charge in [-0.25, -0.2) is 13.4 Å². The SMILES string of the molecule is CC(C)n1cnc(S(=O)(=O)N2CCCCC2C(F)(F)F)c1. The van der Waals surface area contributed by atoms with Gasteiger partial charge in [0.1, 0.15) is 6.04 Å². The molecule has 1 aromatic heterocycles. The van der Waals surface area contributed by atoms with Crippen LogP contribution in [0.3, 0.4) is 0 Å². The zero-order chi connectivity index (χ0) is 15.8. The molecule has 2 heterocycles. The van der Waals surface area contributed by atoms with Gasteiger partial charge in [-0.3, -0.25) is 0 Å². The molecule has 1 fully saturated rings. The normalized spacial score (nSPS) is 21.9. The average Bonchev–Trinajstić information content (AvgIpc) is 2.88. The van der Waals surface area contributed by atoms with Crippen LogP contribution in [0.5, 0.6) is 0 Å². The molecule has 0 saturated carbocycles. The van der Waals surface area contributed by atoms with Gasteiger partial charge in [-0.05, 0) is 26.7 Å². The van der Waals surface area contributed by atoms with E-state index in [4.69, 9.17) is 0 Å². The van der Waals surface area contributed by atoms with Crippen LogP contribution in [0.2, 0.25) is 0 Å². The molecular formula is C12H18F3N3O2S. The van der Waals surface area contributed by atoms with Gasteiger partial charge in [-0.2, -0.15) is 17.5 Å². The maximum Gasteiger partial charge on any atom is 0.405 e. The zero-order valence-corrected chi connectivity index (χ0v) is 12.7. The van der Waals surface area contributed by atoms with Crippen LogP contribution >= 0.6 is 0 Å². The third kappa shape index (κ3) is 3.23. The molecule has 1 aliphatic heterocycles. The van der Waals surface area contributed by atoms with Crippen LogP contribution < -0.4 is 0 Å². The predicted octanol–water partition coefficient (Wildman–Crippen LogP) is 2.57. The number of hydrogen-bond acceptors (Lipinski definition) is 3. The summed E-state index contributed by atoms with van der Waals surface area (Å²) in [4.78, 5) is 3.77. The summed E-state index contributed by atoms with van der Waals surface area (Å²) in [6.07, 6.45) is -1.36. The number of imidazole rings is 1. The number of hydrogen-bond donors (Lipinski definition) is 0. The fraction of sp³-hybridized carbons (Fsp3) is 0.750. The van der Waals surface area contributed by atoms with Crippen LogP contribution in [0.1, 0.15) is 39.2 Å². The van der Waals surface area contributed by atoms with E-state index in [2.05, 4.69) is 4.98 Å². The van der Waals surface area contributed by atoms with E-state index in [1.165, 1.54) is 12.5 Å². The van der Waals surface area contributed by atoms with Crippen molar-refractivity contribution in [3.8, 4) is 0 Å². The van der Waals surface area contributed by atoms with Crippen LogP contribution in [-0.4, -0.2) is 41.0 Å². The number of rotatable bonds is 3. The van der Waals surface area contributed by atoms with Gasteiger partial charge < -0.3 is 4.57 Å². The van der Waals surface area contributed by atoms with E-state index in [0.717, 1.165) is 0 Å². The molecule has 0 N–H and O–H groups in total. The van der Waals surface area contributed by atoms with Crippen LogP contribution in [0.15, 0.2) is 17.6 Å². The Bertz CT molecular complexity index is 595. The van der Waals surface area contributed by atoms with Crippen molar-refractivity contribution in [1.82, 2.24) is 13.9 Å². The number of alkyl halides is 3. The number of nitrogens with zero attached hydrogens (tertiary/aromatic N) is 3. The molecule has 0 bridgehead atoms. The Balaban J connectivity index is 2.36. The molecular weight excluding hydrogens is 307 g/mol. The molecule has 1 aliphatic rings. The van der Waals surface area contributed by atoms with E-state index < -0.39 is 22.2 Å². The van der Waals surface area contributed by atoms with Gasteiger partial charge in [0.25, 0.3) is 10.0 Å². The zero-order valence-electron chi connectivity index (χ0n) is 11.8. The molecule has 0 aromatic carbocycles. The summed E-state index contributed by atoms with van der Waals surface area (Å²) in [5.41, 5.74) is 0. The quantitative estimate of drug-likeness (QED) is 0.858. The Morgan fingerprint density at radius 1 is 1.33 bits per heavy atom. The highest BCUT2D eigenvalue weighted by atomic mass is 32.2. The molecule has 120 valence electrons. The second-order valence-electron chi connectivity index (χ2n) is 5.42. The Kier molecular flexibility index (Phi) is 4.34. The summed E-state index contributed by atoms with van der Waals surface area (Å²) >= 11 is 0. The van der Waals surface area contributed by atoms with Crippen molar-refractivity contribution >= 4 is 10.0 Å². The fourth-order valence-electron chi connectivity index (χ4n) is 2.37. The highest BCUT2D eigenvalue weighted by molar-refractivity contribution is 7.89. The lowest BCUT2D eigenvalue weighted by molar-refractivity contribution is -0.177. The van der Waals surface area contributed by atoms with Crippen molar-refractivity contribution in [3.05, 3.63) is 12.5 Å². The topological polar surface area (TPSA) is 55.2 Å². The molecule has 5 nitrogen and oxygen atoms in total. The third-order valence-corrected chi connectivity index (χ3v) is 5.37. The molecule has 0 aliphatic carbocycles. The van der Waals surface area contributed by atoms with Gasteiger partial charge in [-0.15, -0.1) is 0 Å². The molecule has 0 spiro atoms. The largest absolute Gasteiger partial charge is 0.405 e. The average molecular weight is 325 g/mol. The van der Waals surface area contributed by atoms with E-state index in [0.29, 0.717) is 17.1 Å². The summed E-state index contributed by atoms with van der Waals surface area (Å²) < 4.78 is 66.1. The van der Waals surface area contributed by atoms with Gasteiger partial charge in [-0.1, -0.05) is 6.42 Å². The van der Waals surface area contributed by atoms with E-state index in [1.54, 1.807) is 4.57 Å². The monoisotopic (exact) mass is 325 g/mol. The minimum atomic E-state index is -4.56. The molecule has 21 heavy (non-hydrogen) atoms. The van der Waals surface area contributed by atoms with Crippen LogP contribution in [0.4, 0.5) is 13.2 Å². The van der Waals surface area contributed by atoms with Gasteiger partial charge in [0.05, 0.1) is 6.33 Å². The minimum absolute atomic E-state index is 0.0128. The second-order valence-corrected chi connectivity index (χ2v) is 7.26. The molecule has 1 unspecified atom stereocenters. The summed E-state index contributed by atoms with van der Waals surface area (Å²) in [6, 6.07) is -1.97. The molecule has 9 heteroatoms. The smallest absolute Gasteiger partial charge is 0.334 e. The Morgan fingerprint density at radius 3 is 2.52 bits per heavy atom.